The van der Waals surface area contributed by atoms with E-state index in [1.54, 1.807) is 0 Å². The van der Waals surface area contributed by atoms with E-state index < -0.39 is 0 Å². The average molecular weight is 292 g/mol. The van der Waals surface area contributed by atoms with E-state index in [2.05, 4.69) is 48.3 Å². The molecule has 0 radical (unpaired) electrons. The molecule has 1 fully saturated rings. The number of aryl methyl sites for hydroxylation is 1. The zero-order chi connectivity index (χ0) is 15.2. The Hall–Kier alpha value is -1.36. The Balaban J connectivity index is 2.04. The number of nitrogens with one attached hydrogen (secondary N) is 2. The minimum Gasteiger partial charge on any atom is -0.378 e. The Morgan fingerprint density at radius 1 is 1.14 bits per heavy atom. The number of ether oxygens (including phenoxy) is 1. The Morgan fingerprint density at radius 3 is 2.48 bits per heavy atom. The van der Waals surface area contributed by atoms with Gasteiger partial charge in [-0.05, 0) is 33.1 Å². The van der Waals surface area contributed by atoms with E-state index in [4.69, 9.17) is 4.74 Å². The van der Waals surface area contributed by atoms with Gasteiger partial charge in [-0.25, -0.2) is 9.97 Å². The SMILES string of the molecule is CCCNc1nc(CC)nc(NC2CC(OCC)C2)c1C. The summed E-state index contributed by atoms with van der Waals surface area (Å²) in [6.45, 7) is 10.1. The first-order valence-corrected chi connectivity index (χ1v) is 8.17. The van der Waals surface area contributed by atoms with E-state index in [-0.39, 0.29) is 0 Å². The van der Waals surface area contributed by atoms with Crippen molar-refractivity contribution in [2.75, 3.05) is 23.8 Å². The van der Waals surface area contributed by atoms with E-state index in [1.165, 1.54) is 0 Å². The lowest BCUT2D eigenvalue weighted by Crippen LogP contribution is -2.41. The van der Waals surface area contributed by atoms with Crippen molar-refractivity contribution in [3.05, 3.63) is 11.4 Å². The Morgan fingerprint density at radius 2 is 1.86 bits per heavy atom. The van der Waals surface area contributed by atoms with Crippen LogP contribution in [0, 0.1) is 6.92 Å². The number of rotatable bonds is 8. The highest BCUT2D eigenvalue weighted by molar-refractivity contribution is 5.57. The molecule has 1 aliphatic carbocycles. The third-order valence-corrected chi connectivity index (χ3v) is 3.89. The van der Waals surface area contributed by atoms with Crippen LogP contribution in [0.2, 0.25) is 0 Å². The number of hydrogen-bond acceptors (Lipinski definition) is 5. The molecule has 1 aromatic heterocycles. The normalized spacial score (nSPS) is 21.0. The van der Waals surface area contributed by atoms with Crippen molar-refractivity contribution in [3.8, 4) is 0 Å². The molecule has 0 spiro atoms. The molecule has 0 atom stereocenters. The van der Waals surface area contributed by atoms with Crippen LogP contribution in [0.3, 0.4) is 0 Å². The predicted octanol–water partition coefficient (Wildman–Crippen LogP) is 3.15. The molecule has 0 saturated heterocycles. The summed E-state index contributed by atoms with van der Waals surface area (Å²) >= 11 is 0. The molecule has 2 rings (SSSR count). The Labute approximate surface area is 127 Å². The third-order valence-electron chi connectivity index (χ3n) is 3.89. The molecule has 5 heteroatoms. The van der Waals surface area contributed by atoms with Gasteiger partial charge in [0, 0.05) is 31.2 Å². The highest BCUT2D eigenvalue weighted by Gasteiger charge is 2.30. The van der Waals surface area contributed by atoms with Gasteiger partial charge in [0.25, 0.3) is 0 Å². The first kappa shape index (κ1) is 16.0. The number of anilines is 2. The lowest BCUT2D eigenvalue weighted by atomic mass is 9.89. The van der Waals surface area contributed by atoms with Crippen LogP contribution in [0.4, 0.5) is 11.6 Å². The molecule has 1 aliphatic rings. The van der Waals surface area contributed by atoms with Crippen LogP contribution in [0.25, 0.3) is 0 Å². The summed E-state index contributed by atoms with van der Waals surface area (Å²) < 4.78 is 5.61. The van der Waals surface area contributed by atoms with E-state index in [9.17, 15) is 0 Å². The minimum absolute atomic E-state index is 0.415. The van der Waals surface area contributed by atoms with E-state index in [0.29, 0.717) is 12.1 Å². The van der Waals surface area contributed by atoms with Crippen LogP contribution in [0.5, 0.6) is 0 Å². The molecule has 5 nitrogen and oxygen atoms in total. The second-order valence-corrected chi connectivity index (χ2v) is 5.63. The van der Waals surface area contributed by atoms with Crippen LogP contribution >= 0.6 is 0 Å². The molecule has 118 valence electrons. The van der Waals surface area contributed by atoms with Crippen molar-refractivity contribution in [2.45, 2.75) is 65.5 Å². The van der Waals surface area contributed by atoms with Crippen molar-refractivity contribution < 1.29 is 4.74 Å². The molecule has 1 saturated carbocycles. The fraction of sp³-hybridized carbons (Fsp3) is 0.750. The van der Waals surface area contributed by atoms with Crippen molar-refractivity contribution >= 4 is 11.6 Å². The third kappa shape index (κ3) is 4.06. The predicted molar refractivity (Wildman–Crippen MR) is 87.0 cm³/mol. The van der Waals surface area contributed by atoms with E-state index in [1.807, 2.05) is 0 Å². The van der Waals surface area contributed by atoms with Crippen LogP contribution in [0.15, 0.2) is 0 Å². The van der Waals surface area contributed by atoms with Crippen molar-refractivity contribution in [1.29, 1.82) is 0 Å². The fourth-order valence-corrected chi connectivity index (χ4v) is 2.53. The highest BCUT2D eigenvalue weighted by Crippen LogP contribution is 2.29. The summed E-state index contributed by atoms with van der Waals surface area (Å²) in [4.78, 5) is 9.25. The van der Waals surface area contributed by atoms with Crippen molar-refractivity contribution in [2.24, 2.45) is 0 Å². The molecule has 0 bridgehead atoms. The van der Waals surface area contributed by atoms with Gasteiger partial charge in [-0.15, -0.1) is 0 Å². The molecular weight excluding hydrogens is 264 g/mol. The summed E-state index contributed by atoms with van der Waals surface area (Å²) in [7, 11) is 0. The Bertz CT molecular complexity index is 458. The largest absolute Gasteiger partial charge is 0.378 e. The van der Waals surface area contributed by atoms with Gasteiger partial charge < -0.3 is 15.4 Å². The molecule has 1 heterocycles. The van der Waals surface area contributed by atoms with Gasteiger partial charge in [0.1, 0.15) is 17.5 Å². The van der Waals surface area contributed by atoms with E-state index in [0.717, 1.165) is 61.9 Å². The number of aromatic nitrogens is 2. The zero-order valence-corrected chi connectivity index (χ0v) is 13.7. The Kier molecular flexibility index (Phi) is 5.79. The van der Waals surface area contributed by atoms with Crippen LogP contribution in [0.1, 0.15) is 51.4 Å². The molecule has 0 amide bonds. The van der Waals surface area contributed by atoms with Crippen LogP contribution in [-0.4, -0.2) is 35.3 Å². The van der Waals surface area contributed by atoms with E-state index >= 15 is 0 Å². The smallest absolute Gasteiger partial charge is 0.134 e. The summed E-state index contributed by atoms with van der Waals surface area (Å²) in [6, 6.07) is 0.471. The first-order valence-electron chi connectivity index (χ1n) is 8.17. The van der Waals surface area contributed by atoms with Gasteiger partial charge in [-0.1, -0.05) is 13.8 Å². The summed E-state index contributed by atoms with van der Waals surface area (Å²) in [6.07, 6.45) is 4.49. The van der Waals surface area contributed by atoms with Gasteiger partial charge in [0.15, 0.2) is 0 Å². The maximum absolute atomic E-state index is 5.61. The maximum Gasteiger partial charge on any atom is 0.134 e. The summed E-state index contributed by atoms with van der Waals surface area (Å²) in [5.41, 5.74) is 1.11. The second-order valence-electron chi connectivity index (χ2n) is 5.63. The van der Waals surface area contributed by atoms with Gasteiger partial charge in [0.2, 0.25) is 0 Å². The monoisotopic (exact) mass is 292 g/mol. The molecule has 0 aromatic carbocycles. The lowest BCUT2D eigenvalue weighted by Gasteiger charge is -2.36. The van der Waals surface area contributed by atoms with Crippen LogP contribution < -0.4 is 10.6 Å². The van der Waals surface area contributed by atoms with Crippen molar-refractivity contribution in [1.82, 2.24) is 9.97 Å². The maximum atomic E-state index is 5.61. The second kappa shape index (κ2) is 7.59. The van der Waals surface area contributed by atoms with Crippen LogP contribution in [-0.2, 0) is 11.2 Å². The number of nitrogens with zero attached hydrogens (tertiary/aromatic N) is 2. The zero-order valence-electron chi connectivity index (χ0n) is 13.7. The quantitative estimate of drug-likeness (QED) is 0.771. The summed E-state index contributed by atoms with van der Waals surface area (Å²) in [5.74, 6) is 2.83. The van der Waals surface area contributed by atoms with Gasteiger partial charge in [-0.3, -0.25) is 0 Å². The highest BCUT2D eigenvalue weighted by atomic mass is 16.5. The molecule has 1 aromatic rings. The minimum atomic E-state index is 0.415. The first-order chi connectivity index (χ1) is 10.2. The lowest BCUT2D eigenvalue weighted by molar-refractivity contribution is 0.00291. The molecule has 2 N–H and O–H groups in total. The van der Waals surface area contributed by atoms with Gasteiger partial charge >= 0.3 is 0 Å². The molecule has 0 aliphatic heterocycles. The molecule has 0 unspecified atom stereocenters. The number of hydrogen-bond donors (Lipinski definition) is 2. The average Bonchev–Trinajstić information content (AvgIpc) is 2.45. The topological polar surface area (TPSA) is 59.1 Å². The molecular formula is C16H28N4O. The van der Waals surface area contributed by atoms with Crippen molar-refractivity contribution in [3.63, 3.8) is 0 Å². The van der Waals surface area contributed by atoms with Gasteiger partial charge in [-0.2, -0.15) is 0 Å². The fourth-order valence-electron chi connectivity index (χ4n) is 2.53. The standard InChI is InChI=1S/C16H28N4O/c1-5-8-17-15-11(4)16(20-14(6-2)19-15)18-12-9-13(10-12)21-7-3/h12-13H,5-10H2,1-4H3,(H2,17,18,19,20). The van der Waals surface area contributed by atoms with Gasteiger partial charge in [0.05, 0.1) is 6.10 Å². The summed E-state index contributed by atoms with van der Waals surface area (Å²) in [5, 5.41) is 6.96. The molecule has 21 heavy (non-hydrogen) atoms.